The summed E-state index contributed by atoms with van der Waals surface area (Å²) in [7, 11) is 0. The molecule has 0 spiro atoms. The fourth-order valence-electron chi connectivity index (χ4n) is 1.01. The van der Waals surface area contributed by atoms with Crippen LogP contribution in [0.3, 0.4) is 0 Å². The molecular formula is C9H16O8S. The largest absolute Gasteiger partial charge is 0.481 e. The molecule has 0 aliphatic carbocycles. The lowest BCUT2D eigenvalue weighted by molar-refractivity contribution is -0.181. The van der Waals surface area contributed by atoms with E-state index in [9.17, 15) is 19.5 Å². The van der Waals surface area contributed by atoms with Gasteiger partial charge < -0.3 is 25.5 Å². The summed E-state index contributed by atoms with van der Waals surface area (Å²) >= 11 is 1.75. The minimum atomic E-state index is -3.02. The molecule has 8 nitrogen and oxygen atoms in total. The Hall–Kier alpha value is -1.32. The van der Waals surface area contributed by atoms with Gasteiger partial charge in [-0.2, -0.15) is 11.8 Å². The third-order valence-electron chi connectivity index (χ3n) is 1.85. The van der Waals surface area contributed by atoms with Crippen molar-refractivity contribution in [3.05, 3.63) is 0 Å². The summed E-state index contributed by atoms with van der Waals surface area (Å²) in [5, 5.41) is 43.3. The molecule has 106 valence electrons. The molecule has 0 heterocycles. The average molecular weight is 284 g/mol. The second kappa shape index (κ2) is 8.72. The van der Waals surface area contributed by atoms with Crippen molar-refractivity contribution >= 4 is 29.7 Å². The van der Waals surface area contributed by atoms with E-state index in [-0.39, 0.29) is 0 Å². The van der Waals surface area contributed by atoms with Crippen LogP contribution in [0.15, 0.2) is 0 Å². The first-order valence-corrected chi connectivity index (χ1v) is 6.22. The Balaban J connectivity index is 0. The van der Waals surface area contributed by atoms with Gasteiger partial charge in [0, 0.05) is 0 Å². The van der Waals surface area contributed by atoms with E-state index in [2.05, 4.69) is 0 Å². The van der Waals surface area contributed by atoms with Gasteiger partial charge in [-0.05, 0) is 12.5 Å². The van der Waals surface area contributed by atoms with Crippen molar-refractivity contribution in [2.45, 2.75) is 12.0 Å². The van der Waals surface area contributed by atoms with Gasteiger partial charge in [-0.25, -0.2) is 4.79 Å². The number of thioether (sulfide) groups is 1. The zero-order valence-corrected chi connectivity index (χ0v) is 10.7. The lowest BCUT2D eigenvalue weighted by atomic mass is 9.85. The SMILES string of the molecule is CSC.O=C(O)CC(O)(C(=O)O)C(CO)C(=O)O. The Kier molecular flexibility index (Phi) is 9.22. The number of aliphatic hydroxyl groups is 2. The summed E-state index contributed by atoms with van der Waals surface area (Å²) in [5.41, 5.74) is -3.02. The van der Waals surface area contributed by atoms with E-state index >= 15 is 0 Å². The number of aliphatic hydroxyl groups excluding tert-OH is 1. The molecule has 0 radical (unpaired) electrons. The fourth-order valence-corrected chi connectivity index (χ4v) is 1.01. The van der Waals surface area contributed by atoms with E-state index in [1.54, 1.807) is 11.8 Å². The van der Waals surface area contributed by atoms with Crippen molar-refractivity contribution in [2.24, 2.45) is 5.92 Å². The summed E-state index contributed by atoms with van der Waals surface area (Å²) in [6, 6.07) is 0. The zero-order valence-electron chi connectivity index (χ0n) is 9.86. The number of aliphatic carboxylic acids is 3. The molecule has 0 fully saturated rings. The van der Waals surface area contributed by atoms with Gasteiger partial charge in [0.05, 0.1) is 13.0 Å². The standard InChI is InChI=1S/C7H10O8.C2H6S/c8-2-3(5(11)12)7(15,6(13)14)1-4(9)10;1-3-2/h3,8,15H,1-2H2,(H,9,10)(H,11,12)(H,13,14);1-2H3. The van der Waals surface area contributed by atoms with Crippen LogP contribution in [0.4, 0.5) is 0 Å². The van der Waals surface area contributed by atoms with Crippen LogP contribution in [0.5, 0.6) is 0 Å². The van der Waals surface area contributed by atoms with E-state index < -0.39 is 42.5 Å². The van der Waals surface area contributed by atoms with Crippen molar-refractivity contribution in [3.63, 3.8) is 0 Å². The first-order chi connectivity index (χ1) is 8.17. The van der Waals surface area contributed by atoms with Crippen molar-refractivity contribution in [1.29, 1.82) is 0 Å². The van der Waals surface area contributed by atoms with Crippen molar-refractivity contribution in [1.82, 2.24) is 0 Å². The molecule has 18 heavy (non-hydrogen) atoms. The Bertz CT molecular complexity index is 305. The van der Waals surface area contributed by atoms with Crippen molar-refractivity contribution < 1.29 is 39.9 Å². The molecule has 0 bridgehead atoms. The summed E-state index contributed by atoms with van der Waals surface area (Å²) in [4.78, 5) is 31.3. The molecule has 0 saturated carbocycles. The highest BCUT2D eigenvalue weighted by molar-refractivity contribution is 7.97. The molecule has 0 aromatic rings. The van der Waals surface area contributed by atoms with E-state index in [1.165, 1.54) is 0 Å². The Morgan fingerprint density at radius 1 is 1.17 bits per heavy atom. The van der Waals surface area contributed by atoms with E-state index in [0.717, 1.165) is 0 Å². The topological polar surface area (TPSA) is 152 Å². The molecular weight excluding hydrogens is 268 g/mol. The quantitative estimate of drug-likeness (QED) is 0.411. The number of hydrogen-bond acceptors (Lipinski definition) is 6. The van der Waals surface area contributed by atoms with Crippen LogP contribution in [-0.2, 0) is 14.4 Å². The maximum absolute atomic E-state index is 10.6. The minimum Gasteiger partial charge on any atom is -0.481 e. The van der Waals surface area contributed by atoms with Gasteiger partial charge in [0.1, 0.15) is 5.92 Å². The van der Waals surface area contributed by atoms with Gasteiger partial charge in [0.25, 0.3) is 0 Å². The van der Waals surface area contributed by atoms with Gasteiger partial charge in [0.15, 0.2) is 5.60 Å². The normalized spacial score (nSPS) is 14.7. The highest BCUT2D eigenvalue weighted by Crippen LogP contribution is 2.22. The van der Waals surface area contributed by atoms with Gasteiger partial charge >= 0.3 is 17.9 Å². The third-order valence-corrected chi connectivity index (χ3v) is 1.85. The predicted molar refractivity (Wildman–Crippen MR) is 62.5 cm³/mol. The Morgan fingerprint density at radius 2 is 1.56 bits per heavy atom. The third kappa shape index (κ3) is 5.84. The lowest BCUT2D eigenvalue weighted by Gasteiger charge is -2.26. The van der Waals surface area contributed by atoms with Crippen LogP contribution in [0.25, 0.3) is 0 Å². The molecule has 2 unspecified atom stereocenters. The van der Waals surface area contributed by atoms with Gasteiger partial charge in [-0.1, -0.05) is 0 Å². The molecule has 0 saturated heterocycles. The number of rotatable bonds is 6. The molecule has 9 heteroatoms. The molecule has 0 amide bonds. The zero-order chi connectivity index (χ0) is 14.9. The molecule has 0 rings (SSSR count). The van der Waals surface area contributed by atoms with Gasteiger partial charge in [-0.3, -0.25) is 9.59 Å². The van der Waals surface area contributed by atoms with Crippen LogP contribution in [0.2, 0.25) is 0 Å². The predicted octanol–water partition coefficient (Wildman–Crippen LogP) is -1.05. The Morgan fingerprint density at radius 3 is 1.72 bits per heavy atom. The molecule has 0 aromatic heterocycles. The number of carboxylic acids is 3. The molecule has 0 aromatic carbocycles. The minimum absolute atomic E-state index is 1.18. The second-order valence-corrected chi connectivity index (χ2v) is 4.10. The van der Waals surface area contributed by atoms with Crippen LogP contribution in [-0.4, -0.2) is 68.2 Å². The molecule has 0 aliphatic heterocycles. The lowest BCUT2D eigenvalue weighted by Crippen LogP contribution is -2.52. The Labute approximate surface area is 107 Å². The highest BCUT2D eigenvalue weighted by Gasteiger charge is 2.49. The molecule has 5 N–H and O–H groups in total. The van der Waals surface area contributed by atoms with Crippen LogP contribution >= 0.6 is 11.8 Å². The molecule has 2 atom stereocenters. The van der Waals surface area contributed by atoms with Crippen molar-refractivity contribution in [3.8, 4) is 0 Å². The fraction of sp³-hybridized carbons (Fsp3) is 0.667. The number of carbonyl (C=O) groups is 3. The summed E-state index contributed by atoms with van der Waals surface area (Å²) < 4.78 is 0. The van der Waals surface area contributed by atoms with Crippen LogP contribution in [0.1, 0.15) is 6.42 Å². The number of hydrogen-bond donors (Lipinski definition) is 5. The first-order valence-electron chi connectivity index (χ1n) is 4.58. The monoisotopic (exact) mass is 284 g/mol. The second-order valence-electron chi connectivity index (χ2n) is 3.28. The summed E-state index contributed by atoms with van der Waals surface area (Å²) in [6.45, 7) is -1.18. The van der Waals surface area contributed by atoms with Gasteiger partial charge in [0.2, 0.25) is 0 Å². The smallest absolute Gasteiger partial charge is 0.337 e. The summed E-state index contributed by atoms with van der Waals surface area (Å²) in [6.07, 6.45) is 2.78. The number of carboxylic acid groups (broad SMARTS) is 3. The highest BCUT2D eigenvalue weighted by atomic mass is 32.2. The van der Waals surface area contributed by atoms with Crippen molar-refractivity contribution in [2.75, 3.05) is 19.1 Å². The van der Waals surface area contributed by atoms with E-state index in [4.69, 9.17) is 20.4 Å². The van der Waals surface area contributed by atoms with Crippen LogP contribution < -0.4 is 0 Å². The van der Waals surface area contributed by atoms with Gasteiger partial charge in [-0.15, -0.1) is 0 Å². The molecule has 0 aliphatic rings. The van der Waals surface area contributed by atoms with E-state index in [1.807, 2.05) is 12.5 Å². The maximum Gasteiger partial charge on any atom is 0.337 e. The first kappa shape index (κ1) is 19.0. The van der Waals surface area contributed by atoms with Crippen LogP contribution in [0, 0.1) is 5.92 Å². The summed E-state index contributed by atoms with van der Waals surface area (Å²) in [5.74, 6) is -7.57. The maximum atomic E-state index is 10.6. The average Bonchev–Trinajstić information content (AvgIpc) is 2.17. The van der Waals surface area contributed by atoms with E-state index in [0.29, 0.717) is 0 Å².